The molecule has 0 bridgehead atoms. The quantitative estimate of drug-likeness (QED) is 0.830. The first-order valence-corrected chi connectivity index (χ1v) is 9.91. The van der Waals surface area contributed by atoms with E-state index in [1.807, 2.05) is 0 Å². The van der Waals surface area contributed by atoms with Gasteiger partial charge in [0.15, 0.2) is 0 Å². The molecule has 1 atom stereocenters. The van der Waals surface area contributed by atoms with Crippen molar-refractivity contribution in [2.24, 2.45) is 5.92 Å². The number of alkyl halides is 3. The molecule has 6 nitrogen and oxygen atoms in total. The number of halogens is 3. The number of ether oxygens (including phenoxy) is 1. The normalized spacial score (nSPS) is 18.6. The second kappa shape index (κ2) is 7.67. The smallest absolute Gasteiger partial charge is 0.416 e. The Hall–Kier alpha value is -1.81. The Labute approximate surface area is 156 Å². The highest BCUT2D eigenvalue weighted by Gasteiger charge is 2.32. The van der Waals surface area contributed by atoms with Crippen LogP contribution in [0.4, 0.5) is 18.0 Å². The van der Waals surface area contributed by atoms with Crippen molar-refractivity contribution in [2.45, 2.75) is 43.9 Å². The Bertz CT molecular complexity index is 771. The number of amides is 1. The number of hydrogen-bond acceptors (Lipinski definition) is 4. The second-order valence-electron chi connectivity index (χ2n) is 7.46. The molecule has 1 aliphatic heterocycles. The number of carbonyl (C=O) groups is 1. The van der Waals surface area contributed by atoms with Gasteiger partial charge in [0.05, 0.1) is 10.5 Å². The summed E-state index contributed by atoms with van der Waals surface area (Å²) in [6, 6.07) is 3.31. The molecule has 152 valence electrons. The van der Waals surface area contributed by atoms with Crippen LogP contribution in [0.3, 0.4) is 0 Å². The zero-order chi connectivity index (χ0) is 20.5. The van der Waals surface area contributed by atoms with Crippen LogP contribution in [0.15, 0.2) is 29.2 Å². The number of nitrogens with zero attached hydrogens (tertiary/aromatic N) is 1. The van der Waals surface area contributed by atoms with Gasteiger partial charge >= 0.3 is 12.3 Å². The highest BCUT2D eigenvalue weighted by Crippen LogP contribution is 2.29. The van der Waals surface area contributed by atoms with E-state index in [1.165, 1.54) is 4.90 Å². The average molecular weight is 408 g/mol. The number of benzene rings is 1. The zero-order valence-electron chi connectivity index (χ0n) is 15.3. The van der Waals surface area contributed by atoms with Crippen LogP contribution in [-0.4, -0.2) is 44.6 Å². The summed E-state index contributed by atoms with van der Waals surface area (Å²) >= 11 is 0. The van der Waals surface area contributed by atoms with Gasteiger partial charge in [-0.05, 0) is 57.4 Å². The fraction of sp³-hybridized carbons (Fsp3) is 0.588. The molecular weight excluding hydrogens is 385 g/mol. The Morgan fingerprint density at radius 1 is 1.22 bits per heavy atom. The van der Waals surface area contributed by atoms with Crippen LogP contribution < -0.4 is 4.72 Å². The van der Waals surface area contributed by atoms with Crippen molar-refractivity contribution in [3.05, 3.63) is 29.8 Å². The minimum absolute atomic E-state index is 0.0860. The third-order valence-electron chi connectivity index (χ3n) is 3.99. The summed E-state index contributed by atoms with van der Waals surface area (Å²) in [6.07, 6.45) is -4.37. The number of rotatable bonds is 4. The molecule has 1 aromatic carbocycles. The highest BCUT2D eigenvalue weighted by molar-refractivity contribution is 7.89. The molecule has 1 saturated heterocycles. The maximum absolute atomic E-state index is 12.6. The van der Waals surface area contributed by atoms with E-state index in [4.69, 9.17) is 4.74 Å². The number of carbonyl (C=O) groups excluding carboxylic acids is 1. The Kier molecular flexibility index (Phi) is 6.10. The molecule has 1 aliphatic rings. The van der Waals surface area contributed by atoms with Crippen LogP contribution in [0, 0.1) is 5.92 Å². The SMILES string of the molecule is CC(C)(C)OC(=O)N1CC[C@H](CNS(=O)(=O)c2ccc(C(F)(F)F)cc2)C1. The molecule has 0 radical (unpaired) electrons. The molecule has 0 saturated carbocycles. The number of sulfonamides is 1. The lowest BCUT2D eigenvalue weighted by Crippen LogP contribution is -2.36. The second-order valence-corrected chi connectivity index (χ2v) is 9.22. The van der Waals surface area contributed by atoms with Crippen molar-refractivity contribution in [1.82, 2.24) is 9.62 Å². The van der Waals surface area contributed by atoms with Gasteiger partial charge in [0.1, 0.15) is 5.60 Å². The van der Waals surface area contributed by atoms with Crippen molar-refractivity contribution in [3.8, 4) is 0 Å². The summed E-state index contributed by atoms with van der Waals surface area (Å²) in [6.45, 7) is 6.18. The van der Waals surface area contributed by atoms with Gasteiger partial charge in [0.25, 0.3) is 0 Å². The van der Waals surface area contributed by atoms with Crippen molar-refractivity contribution in [2.75, 3.05) is 19.6 Å². The number of likely N-dealkylation sites (tertiary alicyclic amines) is 1. The van der Waals surface area contributed by atoms with Crippen LogP contribution in [-0.2, 0) is 20.9 Å². The van der Waals surface area contributed by atoms with Crippen LogP contribution in [0.1, 0.15) is 32.8 Å². The Balaban J connectivity index is 1.91. The lowest BCUT2D eigenvalue weighted by atomic mass is 10.1. The maximum atomic E-state index is 12.6. The zero-order valence-corrected chi connectivity index (χ0v) is 16.2. The predicted molar refractivity (Wildman–Crippen MR) is 92.5 cm³/mol. The first-order valence-electron chi connectivity index (χ1n) is 8.43. The third kappa shape index (κ3) is 6.10. The molecule has 1 heterocycles. The number of nitrogens with one attached hydrogen (secondary N) is 1. The molecule has 1 aromatic rings. The lowest BCUT2D eigenvalue weighted by Gasteiger charge is -2.24. The maximum Gasteiger partial charge on any atom is 0.416 e. The summed E-state index contributed by atoms with van der Waals surface area (Å²) in [4.78, 5) is 13.3. The molecule has 10 heteroatoms. The molecule has 1 N–H and O–H groups in total. The summed E-state index contributed by atoms with van der Waals surface area (Å²) in [5, 5.41) is 0. The monoisotopic (exact) mass is 408 g/mol. The van der Waals surface area contributed by atoms with Gasteiger partial charge in [0, 0.05) is 19.6 Å². The first kappa shape index (κ1) is 21.5. The van der Waals surface area contributed by atoms with Gasteiger partial charge in [-0.3, -0.25) is 0 Å². The molecule has 1 amide bonds. The van der Waals surface area contributed by atoms with Gasteiger partial charge in [-0.1, -0.05) is 0 Å². The molecular formula is C17H23F3N2O4S. The predicted octanol–water partition coefficient (Wildman–Crippen LogP) is 3.24. The topological polar surface area (TPSA) is 75.7 Å². The van der Waals surface area contributed by atoms with Gasteiger partial charge < -0.3 is 9.64 Å². The van der Waals surface area contributed by atoms with E-state index in [0.717, 1.165) is 24.3 Å². The van der Waals surface area contributed by atoms with Crippen LogP contribution >= 0.6 is 0 Å². The van der Waals surface area contributed by atoms with E-state index in [1.54, 1.807) is 20.8 Å². The standard InChI is InChI=1S/C17H23F3N2O4S/c1-16(2,3)26-15(23)22-9-8-12(11-22)10-21-27(24,25)14-6-4-13(5-7-14)17(18,19)20/h4-7,12,21H,8-11H2,1-3H3/t12-/m1/s1. The minimum atomic E-state index is -4.52. The van der Waals surface area contributed by atoms with E-state index in [9.17, 15) is 26.4 Å². The van der Waals surface area contributed by atoms with E-state index in [0.29, 0.717) is 19.5 Å². The van der Waals surface area contributed by atoms with Crippen molar-refractivity contribution >= 4 is 16.1 Å². The fourth-order valence-electron chi connectivity index (χ4n) is 2.63. The Morgan fingerprint density at radius 3 is 2.33 bits per heavy atom. The lowest BCUT2D eigenvalue weighted by molar-refractivity contribution is -0.137. The molecule has 2 rings (SSSR count). The summed E-state index contributed by atoms with van der Waals surface area (Å²) < 4.78 is 69.9. The molecule has 0 aromatic heterocycles. The van der Waals surface area contributed by atoms with Gasteiger partial charge in [0.2, 0.25) is 10.0 Å². The van der Waals surface area contributed by atoms with Crippen LogP contribution in [0.25, 0.3) is 0 Å². The average Bonchev–Trinajstić information content (AvgIpc) is 3.00. The van der Waals surface area contributed by atoms with Crippen LogP contribution in [0.5, 0.6) is 0 Å². The van der Waals surface area contributed by atoms with Crippen molar-refractivity contribution in [3.63, 3.8) is 0 Å². The Morgan fingerprint density at radius 2 is 1.81 bits per heavy atom. The van der Waals surface area contributed by atoms with Crippen molar-refractivity contribution in [1.29, 1.82) is 0 Å². The van der Waals surface area contributed by atoms with Gasteiger partial charge in [-0.15, -0.1) is 0 Å². The number of hydrogen-bond donors (Lipinski definition) is 1. The van der Waals surface area contributed by atoms with Crippen molar-refractivity contribution < 1.29 is 31.1 Å². The van der Waals surface area contributed by atoms with Crippen LogP contribution in [0.2, 0.25) is 0 Å². The summed E-state index contributed by atoms with van der Waals surface area (Å²) in [7, 11) is -3.93. The first-order chi connectivity index (χ1) is 12.3. The van der Waals surface area contributed by atoms with Gasteiger partial charge in [-0.2, -0.15) is 13.2 Å². The third-order valence-corrected chi connectivity index (χ3v) is 5.43. The van der Waals surface area contributed by atoms with E-state index < -0.39 is 33.5 Å². The minimum Gasteiger partial charge on any atom is -0.444 e. The molecule has 0 aliphatic carbocycles. The molecule has 27 heavy (non-hydrogen) atoms. The highest BCUT2D eigenvalue weighted by atomic mass is 32.2. The molecule has 1 fully saturated rings. The largest absolute Gasteiger partial charge is 0.444 e. The van der Waals surface area contributed by atoms with Gasteiger partial charge in [-0.25, -0.2) is 17.9 Å². The van der Waals surface area contributed by atoms with E-state index >= 15 is 0 Å². The van der Waals surface area contributed by atoms with E-state index in [2.05, 4.69) is 4.72 Å². The molecule has 0 spiro atoms. The fourth-order valence-corrected chi connectivity index (χ4v) is 3.74. The summed E-state index contributed by atoms with van der Waals surface area (Å²) in [5.41, 5.74) is -1.52. The summed E-state index contributed by atoms with van der Waals surface area (Å²) in [5.74, 6) is -0.0956. The molecule has 0 unspecified atom stereocenters. The van der Waals surface area contributed by atoms with E-state index in [-0.39, 0.29) is 17.4 Å².